The van der Waals surface area contributed by atoms with Crippen molar-refractivity contribution in [3.05, 3.63) is 100 Å². The quantitative estimate of drug-likeness (QED) is 0.508. The van der Waals surface area contributed by atoms with E-state index in [1.165, 1.54) is 0 Å². The number of amides is 2. The molecule has 0 saturated heterocycles. The largest absolute Gasteiger partial charge is 0.483 e. The fourth-order valence-electron chi connectivity index (χ4n) is 2.91. The van der Waals surface area contributed by atoms with Crippen LogP contribution in [0, 0.1) is 0 Å². The molecule has 0 fully saturated rings. The number of halogens is 1. The fourth-order valence-corrected chi connectivity index (χ4v) is 3.18. The summed E-state index contributed by atoms with van der Waals surface area (Å²) in [5.41, 5.74) is 2.39. The Balaban J connectivity index is 1.55. The van der Waals surface area contributed by atoms with Crippen molar-refractivity contribution < 1.29 is 14.3 Å². The van der Waals surface area contributed by atoms with Gasteiger partial charge >= 0.3 is 0 Å². The van der Waals surface area contributed by atoms with Crippen LogP contribution in [-0.2, 0) is 11.3 Å². The Kier molecular flexibility index (Phi) is 7.63. The number of benzene rings is 3. The highest BCUT2D eigenvalue weighted by molar-refractivity contribution is 9.10. The maximum Gasteiger partial charge on any atom is 0.258 e. The third kappa shape index (κ3) is 6.19. The second-order valence-corrected chi connectivity index (χ2v) is 7.71. The summed E-state index contributed by atoms with van der Waals surface area (Å²) < 4.78 is 6.63. The van der Waals surface area contributed by atoms with Crippen LogP contribution >= 0.6 is 15.9 Å². The summed E-state index contributed by atoms with van der Waals surface area (Å²) in [7, 11) is 0. The van der Waals surface area contributed by atoms with E-state index in [2.05, 4.69) is 26.6 Å². The second-order valence-electron chi connectivity index (χ2n) is 6.79. The zero-order valence-electron chi connectivity index (χ0n) is 16.6. The molecule has 5 nitrogen and oxygen atoms in total. The van der Waals surface area contributed by atoms with Gasteiger partial charge in [-0.05, 0) is 42.3 Å². The molecule has 3 aromatic carbocycles. The Hall–Kier alpha value is -3.12. The number of carbonyl (C=O) groups excluding carboxylic acids is 2. The van der Waals surface area contributed by atoms with E-state index in [1.807, 2.05) is 61.5 Å². The van der Waals surface area contributed by atoms with Crippen molar-refractivity contribution in [2.24, 2.45) is 0 Å². The van der Waals surface area contributed by atoms with Gasteiger partial charge in [-0.2, -0.15) is 0 Å². The SMILES string of the molecule is C[C@H](NC(=O)COc1ccccc1C(=O)NCc1ccccc1)c1ccc(Br)cc1. The van der Waals surface area contributed by atoms with Gasteiger partial charge in [0.1, 0.15) is 5.75 Å². The molecule has 3 aromatic rings. The Bertz CT molecular complexity index is 991. The molecule has 2 amide bonds. The average Bonchev–Trinajstić information content (AvgIpc) is 2.77. The molecule has 0 bridgehead atoms. The summed E-state index contributed by atoms with van der Waals surface area (Å²) in [6, 6.07) is 24.2. The van der Waals surface area contributed by atoms with Gasteiger partial charge in [-0.1, -0.05) is 70.5 Å². The van der Waals surface area contributed by atoms with Crippen LogP contribution in [0.3, 0.4) is 0 Å². The topological polar surface area (TPSA) is 67.4 Å². The molecule has 0 aliphatic carbocycles. The molecule has 0 heterocycles. The van der Waals surface area contributed by atoms with Crippen LogP contribution in [-0.4, -0.2) is 18.4 Å². The molecule has 154 valence electrons. The number of hydrogen-bond donors (Lipinski definition) is 2. The number of ether oxygens (including phenoxy) is 1. The normalized spacial score (nSPS) is 11.4. The van der Waals surface area contributed by atoms with E-state index in [4.69, 9.17) is 4.74 Å². The molecule has 0 unspecified atom stereocenters. The lowest BCUT2D eigenvalue weighted by Gasteiger charge is -2.16. The molecule has 0 radical (unpaired) electrons. The predicted octanol–water partition coefficient (Wildman–Crippen LogP) is 4.64. The lowest BCUT2D eigenvalue weighted by molar-refractivity contribution is -0.123. The summed E-state index contributed by atoms with van der Waals surface area (Å²) in [6.07, 6.45) is 0. The van der Waals surface area contributed by atoms with Crippen LogP contribution in [0.5, 0.6) is 5.75 Å². The van der Waals surface area contributed by atoms with E-state index in [1.54, 1.807) is 24.3 Å². The van der Waals surface area contributed by atoms with Crippen LogP contribution in [0.15, 0.2) is 83.3 Å². The lowest BCUT2D eigenvalue weighted by atomic mass is 10.1. The minimum atomic E-state index is -0.259. The Morgan fingerprint density at radius 2 is 1.60 bits per heavy atom. The zero-order chi connectivity index (χ0) is 21.3. The van der Waals surface area contributed by atoms with Crippen molar-refractivity contribution >= 4 is 27.7 Å². The van der Waals surface area contributed by atoms with E-state index in [9.17, 15) is 9.59 Å². The first-order valence-corrected chi connectivity index (χ1v) is 10.4. The number of hydrogen-bond acceptors (Lipinski definition) is 3. The Morgan fingerprint density at radius 3 is 2.33 bits per heavy atom. The van der Waals surface area contributed by atoms with E-state index >= 15 is 0 Å². The predicted molar refractivity (Wildman–Crippen MR) is 120 cm³/mol. The highest BCUT2D eigenvalue weighted by Crippen LogP contribution is 2.19. The first kappa shape index (κ1) is 21.6. The number of carbonyl (C=O) groups is 2. The molecule has 2 N–H and O–H groups in total. The van der Waals surface area contributed by atoms with Gasteiger partial charge in [0.05, 0.1) is 11.6 Å². The van der Waals surface area contributed by atoms with Crippen molar-refractivity contribution in [2.45, 2.75) is 19.5 Å². The molecule has 0 saturated carbocycles. The summed E-state index contributed by atoms with van der Waals surface area (Å²) in [6.45, 7) is 2.15. The Morgan fingerprint density at radius 1 is 0.933 bits per heavy atom. The first-order valence-electron chi connectivity index (χ1n) is 9.61. The van der Waals surface area contributed by atoms with Gasteiger partial charge < -0.3 is 15.4 Å². The van der Waals surface area contributed by atoms with Crippen LogP contribution in [0.25, 0.3) is 0 Å². The maximum atomic E-state index is 12.6. The molecule has 30 heavy (non-hydrogen) atoms. The fraction of sp³-hybridized carbons (Fsp3) is 0.167. The summed E-state index contributed by atoms with van der Waals surface area (Å²) in [4.78, 5) is 24.9. The third-order valence-corrected chi connectivity index (χ3v) is 5.06. The van der Waals surface area contributed by atoms with Gasteiger partial charge in [0.2, 0.25) is 0 Å². The van der Waals surface area contributed by atoms with Gasteiger partial charge in [-0.3, -0.25) is 9.59 Å². The van der Waals surface area contributed by atoms with Gasteiger partial charge in [0, 0.05) is 11.0 Å². The molecule has 0 spiro atoms. The van der Waals surface area contributed by atoms with Crippen LogP contribution in [0.2, 0.25) is 0 Å². The highest BCUT2D eigenvalue weighted by Gasteiger charge is 2.14. The Labute approximate surface area is 184 Å². The zero-order valence-corrected chi connectivity index (χ0v) is 18.2. The third-order valence-electron chi connectivity index (χ3n) is 4.53. The van der Waals surface area contributed by atoms with Crippen molar-refractivity contribution in [1.29, 1.82) is 0 Å². The maximum absolute atomic E-state index is 12.6. The summed E-state index contributed by atoms with van der Waals surface area (Å²) >= 11 is 3.40. The molecular formula is C24H23BrN2O3. The molecule has 0 aliphatic heterocycles. The molecule has 0 aliphatic rings. The standard InChI is InChI=1S/C24H23BrN2O3/c1-17(19-11-13-20(25)14-12-19)27-23(28)16-30-22-10-6-5-9-21(22)24(29)26-15-18-7-3-2-4-8-18/h2-14,17H,15-16H2,1H3,(H,26,29)(H,27,28)/t17-/m0/s1. The first-order chi connectivity index (χ1) is 14.5. The molecule has 1 atom stereocenters. The van der Waals surface area contributed by atoms with E-state index in [0.717, 1.165) is 15.6 Å². The van der Waals surface area contributed by atoms with Crippen LogP contribution < -0.4 is 15.4 Å². The summed E-state index contributed by atoms with van der Waals surface area (Å²) in [5.74, 6) is -0.141. The average molecular weight is 467 g/mol. The molecular weight excluding hydrogens is 444 g/mol. The van der Waals surface area contributed by atoms with Crippen LogP contribution in [0.4, 0.5) is 0 Å². The minimum absolute atomic E-state index is 0.154. The number of rotatable bonds is 8. The van der Waals surface area contributed by atoms with Gasteiger partial charge in [0.15, 0.2) is 6.61 Å². The smallest absolute Gasteiger partial charge is 0.258 e. The monoisotopic (exact) mass is 466 g/mol. The van der Waals surface area contributed by atoms with Crippen molar-refractivity contribution in [2.75, 3.05) is 6.61 Å². The van der Waals surface area contributed by atoms with E-state index < -0.39 is 0 Å². The summed E-state index contributed by atoms with van der Waals surface area (Å²) in [5, 5.41) is 5.78. The van der Waals surface area contributed by atoms with E-state index in [0.29, 0.717) is 17.9 Å². The van der Waals surface area contributed by atoms with Crippen LogP contribution in [0.1, 0.15) is 34.5 Å². The molecule has 6 heteroatoms. The van der Waals surface area contributed by atoms with Gasteiger partial charge in [0.25, 0.3) is 11.8 Å². The van der Waals surface area contributed by atoms with E-state index in [-0.39, 0.29) is 24.5 Å². The lowest BCUT2D eigenvalue weighted by Crippen LogP contribution is -2.31. The van der Waals surface area contributed by atoms with Crippen molar-refractivity contribution in [3.8, 4) is 5.75 Å². The van der Waals surface area contributed by atoms with Gasteiger partial charge in [-0.15, -0.1) is 0 Å². The highest BCUT2D eigenvalue weighted by atomic mass is 79.9. The number of para-hydroxylation sites is 1. The van der Waals surface area contributed by atoms with Gasteiger partial charge in [-0.25, -0.2) is 0 Å². The number of nitrogens with one attached hydrogen (secondary N) is 2. The minimum Gasteiger partial charge on any atom is -0.483 e. The molecule has 3 rings (SSSR count). The second kappa shape index (κ2) is 10.6. The molecule has 0 aromatic heterocycles. The van der Waals surface area contributed by atoms with Crippen molar-refractivity contribution in [3.63, 3.8) is 0 Å². The van der Waals surface area contributed by atoms with Crippen molar-refractivity contribution in [1.82, 2.24) is 10.6 Å².